The predicted molar refractivity (Wildman–Crippen MR) is 123 cm³/mol. The molecule has 1 fully saturated rings. The van der Waals surface area contributed by atoms with Crippen molar-refractivity contribution in [2.45, 2.75) is 33.6 Å². The quantitative estimate of drug-likeness (QED) is 0.498. The zero-order valence-corrected chi connectivity index (χ0v) is 20.5. The number of hydrogen-bond donors (Lipinski definition) is 0. The van der Waals surface area contributed by atoms with Crippen molar-refractivity contribution in [3.05, 3.63) is 83.0 Å². The maximum absolute atomic E-state index is 15.4. The van der Waals surface area contributed by atoms with Gasteiger partial charge in [0.05, 0.1) is 16.5 Å². The van der Waals surface area contributed by atoms with Crippen LogP contribution < -0.4 is 4.74 Å². The number of fused-ring (bicyclic) bond motifs is 3. The summed E-state index contributed by atoms with van der Waals surface area (Å²) < 4.78 is 90.2. The van der Waals surface area contributed by atoms with Gasteiger partial charge in [0.15, 0.2) is 26.4 Å². The highest BCUT2D eigenvalue weighted by Gasteiger charge is 2.62. The van der Waals surface area contributed by atoms with Crippen molar-refractivity contribution in [3.63, 3.8) is 0 Å². The standard InChI is InChI=1S/C23H19ClF2N2O5S2/c24-15-5-7-16(8-6-15)34(29,30)23-11-3-13-28(35(31,32)20-4-1-2-12-27-20)19(23)14-33-22-18(26)10-9-17(25)21(22)23/h1-2,4-10,12,19H,3,11,13-14H2/t19-,23+/m0/s1. The van der Waals surface area contributed by atoms with E-state index >= 15 is 4.39 Å². The average Bonchev–Trinajstić information content (AvgIpc) is 2.86. The molecular weight excluding hydrogens is 522 g/mol. The van der Waals surface area contributed by atoms with Gasteiger partial charge in [-0.25, -0.2) is 30.6 Å². The zero-order chi connectivity index (χ0) is 25.0. The van der Waals surface area contributed by atoms with Gasteiger partial charge in [0.25, 0.3) is 10.0 Å². The Balaban J connectivity index is 1.80. The molecule has 0 amide bonds. The number of aromatic nitrogens is 1. The molecule has 0 aliphatic carbocycles. The molecule has 0 saturated carbocycles. The second-order valence-electron chi connectivity index (χ2n) is 8.29. The van der Waals surface area contributed by atoms with Crippen LogP contribution in [0.2, 0.25) is 5.02 Å². The van der Waals surface area contributed by atoms with E-state index in [0.29, 0.717) is 0 Å². The van der Waals surface area contributed by atoms with Crippen LogP contribution in [0.25, 0.3) is 0 Å². The van der Waals surface area contributed by atoms with E-state index in [-0.39, 0.29) is 34.3 Å². The molecule has 2 aliphatic heterocycles. The summed E-state index contributed by atoms with van der Waals surface area (Å²) in [7, 11) is -8.81. The van der Waals surface area contributed by atoms with Gasteiger partial charge in [-0.05, 0) is 61.4 Å². The minimum absolute atomic E-state index is 0.0446. The number of piperidine rings is 1. The molecule has 2 aromatic carbocycles. The van der Waals surface area contributed by atoms with Gasteiger partial charge >= 0.3 is 0 Å². The first-order valence-corrected chi connectivity index (χ1v) is 13.9. The van der Waals surface area contributed by atoms with Crippen molar-refractivity contribution < 1.29 is 30.4 Å². The molecule has 0 N–H and O–H groups in total. The zero-order valence-electron chi connectivity index (χ0n) is 18.1. The van der Waals surface area contributed by atoms with Crippen molar-refractivity contribution in [1.29, 1.82) is 0 Å². The van der Waals surface area contributed by atoms with Crippen molar-refractivity contribution in [2.75, 3.05) is 13.2 Å². The van der Waals surface area contributed by atoms with Gasteiger partial charge in [0.1, 0.15) is 17.2 Å². The third-order valence-electron chi connectivity index (χ3n) is 6.49. The van der Waals surface area contributed by atoms with Crippen molar-refractivity contribution in [2.24, 2.45) is 0 Å². The Bertz CT molecular complexity index is 1500. The summed E-state index contributed by atoms with van der Waals surface area (Å²) in [6, 6.07) is 9.88. The van der Waals surface area contributed by atoms with Crippen LogP contribution in [0.15, 0.2) is 70.7 Å². The van der Waals surface area contributed by atoms with Crippen LogP contribution in [0.1, 0.15) is 18.4 Å². The first kappa shape index (κ1) is 24.1. The summed E-state index contributed by atoms with van der Waals surface area (Å²) >= 11 is 5.94. The van der Waals surface area contributed by atoms with Gasteiger partial charge in [0, 0.05) is 17.8 Å². The van der Waals surface area contributed by atoms with E-state index in [9.17, 15) is 21.2 Å². The fourth-order valence-corrected chi connectivity index (χ4v) is 9.14. The third kappa shape index (κ3) is 3.55. The number of sulfonamides is 1. The number of rotatable bonds is 4. The molecule has 0 bridgehead atoms. The van der Waals surface area contributed by atoms with E-state index in [1.54, 1.807) is 6.07 Å². The van der Waals surface area contributed by atoms with Crippen LogP contribution >= 0.6 is 11.6 Å². The fourth-order valence-electron chi connectivity index (χ4n) is 4.97. The summed E-state index contributed by atoms with van der Waals surface area (Å²) in [4.78, 5) is 3.73. The van der Waals surface area contributed by atoms with Crippen LogP contribution in [0.4, 0.5) is 8.78 Å². The van der Waals surface area contributed by atoms with E-state index < -0.39 is 60.2 Å². The van der Waals surface area contributed by atoms with Crippen molar-refractivity contribution in [3.8, 4) is 5.75 Å². The first-order chi connectivity index (χ1) is 16.6. The lowest BCUT2D eigenvalue weighted by Gasteiger charge is -2.50. The predicted octanol–water partition coefficient (Wildman–Crippen LogP) is 3.93. The highest BCUT2D eigenvalue weighted by molar-refractivity contribution is 7.92. The number of hydrogen-bond acceptors (Lipinski definition) is 6. The lowest BCUT2D eigenvalue weighted by Crippen LogP contribution is -2.64. The average molecular weight is 541 g/mol. The maximum atomic E-state index is 15.4. The van der Waals surface area contributed by atoms with Crippen LogP contribution in [0.5, 0.6) is 5.75 Å². The summed E-state index contributed by atoms with van der Waals surface area (Å²) in [6.45, 7) is -0.538. The highest BCUT2D eigenvalue weighted by Crippen LogP contribution is 2.54. The molecule has 0 unspecified atom stereocenters. The highest BCUT2D eigenvalue weighted by atomic mass is 35.5. The minimum Gasteiger partial charge on any atom is -0.488 e. The molecule has 0 spiro atoms. The molecule has 2 atom stereocenters. The van der Waals surface area contributed by atoms with E-state index in [0.717, 1.165) is 16.4 Å². The Hall–Kier alpha value is -2.60. The molecule has 35 heavy (non-hydrogen) atoms. The van der Waals surface area contributed by atoms with Crippen LogP contribution in [0.3, 0.4) is 0 Å². The summed E-state index contributed by atoms with van der Waals surface area (Å²) in [5.41, 5.74) is -0.510. The van der Waals surface area contributed by atoms with E-state index in [1.165, 1.54) is 42.6 Å². The molecule has 3 heterocycles. The summed E-state index contributed by atoms with van der Waals surface area (Å²) in [6.07, 6.45) is 1.23. The largest absolute Gasteiger partial charge is 0.488 e. The second kappa shape index (κ2) is 8.51. The monoisotopic (exact) mass is 540 g/mol. The Morgan fingerprint density at radius 3 is 2.40 bits per heavy atom. The number of ether oxygens (including phenoxy) is 1. The van der Waals surface area contributed by atoms with Gasteiger partial charge < -0.3 is 4.74 Å². The lowest BCUT2D eigenvalue weighted by atomic mass is 9.81. The minimum atomic E-state index is -4.50. The van der Waals surface area contributed by atoms with Gasteiger partial charge in [-0.3, -0.25) is 0 Å². The number of halogens is 3. The molecule has 0 radical (unpaired) electrons. The molecule has 2 aliphatic rings. The van der Waals surface area contributed by atoms with Crippen LogP contribution in [-0.4, -0.2) is 45.3 Å². The van der Waals surface area contributed by atoms with Crippen LogP contribution in [-0.2, 0) is 24.6 Å². The first-order valence-electron chi connectivity index (χ1n) is 10.6. The third-order valence-corrected chi connectivity index (χ3v) is 11.1. The maximum Gasteiger partial charge on any atom is 0.260 e. The Labute approximate surface area is 206 Å². The molecular formula is C23H19ClF2N2O5S2. The van der Waals surface area contributed by atoms with E-state index in [1.807, 2.05) is 0 Å². The normalized spacial score (nSPS) is 22.7. The Kier molecular flexibility index (Phi) is 5.86. The number of pyridine rings is 1. The smallest absolute Gasteiger partial charge is 0.260 e. The van der Waals surface area contributed by atoms with Gasteiger partial charge in [0.2, 0.25) is 0 Å². The van der Waals surface area contributed by atoms with E-state index in [4.69, 9.17) is 16.3 Å². The van der Waals surface area contributed by atoms with Gasteiger partial charge in [-0.15, -0.1) is 0 Å². The molecule has 5 rings (SSSR count). The Morgan fingerprint density at radius 1 is 1.00 bits per heavy atom. The number of sulfone groups is 1. The molecule has 12 heteroatoms. The molecule has 1 saturated heterocycles. The molecule has 3 aromatic rings. The second-order valence-corrected chi connectivity index (χ2v) is 12.8. The summed E-state index contributed by atoms with van der Waals surface area (Å²) in [5.74, 6) is -2.47. The molecule has 7 nitrogen and oxygen atoms in total. The topological polar surface area (TPSA) is 93.6 Å². The number of benzene rings is 2. The number of nitrogens with zero attached hydrogens (tertiary/aromatic N) is 2. The van der Waals surface area contributed by atoms with E-state index in [2.05, 4.69) is 4.98 Å². The van der Waals surface area contributed by atoms with Crippen LogP contribution in [0, 0.1) is 11.6 Å². The summed E-state index contributed by atoms with van der Waals surface area (Å²) in [5, 5.41) is -0.00388. The lowest BCUT2D eigenvalue weighted by molar-refractivity contribution is 0.0981. The SMILES string of the molecule is O=S(=O)(c1ccccn1)N1CCC[C@]2(S(=O)(=O)c3ccc(Cl)cc3)c3c(F)ccc(F)c3OC[C@H]12. The molecule has 184 valence electrons. The van der Waals surface area contributed by atoms with Crippen molar-refractivity contribution >= 4 is 31.5 Å². The molecule has 1 aromatic heterocycles. The Morgan fingerprint density at radius 2 is 1.71 bits per heavy atom. The van der Waals surface area contributed by atoms with Crippen molar-refractivity contribution in [1.82, 2.24) is 9.29 Å². The van der Waals surface area contributed by atoms with Gasteiger partial charge in [-0.2, -0.15) is 4.31 Å². The van der Waals surface area contributed by atoms with Gasteiger partial charge in [-0.1, -0.05) is 17.7 Å². The fraction of sp³-hybridized carbons (Fsp3) is 0.261.